The van der Waals surface area contributed by atoms with Gasteiger partial charge in [-0.25, -0.2) is 4.79 Å². The van der Waals surface area contributed by atoms with Gasteiger partial charge in [0.2, 0.25) is 0 Å². The highest BCUT2D eigenvalue weighted by Crippen LogP contribution is 2.24. The fourth-order valence-electron chi connectivity index (χ4n) is 3.24. The van der Waals surface area contributed by atoms with Crippen LogP contribution in [0.5, 0.6) is 5.75 Å². The molecule has 2 N–H and O–H groups in total. The minimum atomic E-state index is -1.14. The summed E-state index contributed by atoms with van der Waals surface area (Å²) in [7, 11) is 0. The third kappa shape index (κ3) is 5.14. The summed E-state index contributed by atoms with van der Waals surface area (Å²) in [4.78, 5) is 38.0. The first-order chi connectivity index (χ1) is 16.3. The molecular weight excluding hydrogens is 476 g/mol. The van der Waals surface area contributed by atoms with Crippen molar-refractivity contribution in [1.82, 2.24) is 5.32 Å². The second-order valence-corrected chi connectivity index (χ2v) is 8.12. The first-order valence-electron chi connectivity index (χ1n) is 10.0. The van der Waals surface area contributed by atoms with E-state index in [-0.39, 0.29) is 21.9 Å². The maximum Gasteiger partial charge on any atom is 0.335 e. The minimum absolute atomic E-state index is 0.00952. The minimum Gasteiger partial charge on any atom is -0.489 e. The normalized spacial score (nSPS) is 14.8. The van der Waals surface area contributed by atoms with E-state index in [2.05, 4.69) is 5.32 Å². The zero-order chi connectivity index (χ0) is 24.2. The molecule has 1 heterocycles. The van der Waals surface area contributed by atoms with Gasteiger partial charge in [0.25, 0.3) is 11.8 Å². The van der Waals surface area contributed by atoms with Crippen LogP contribution in [0.3, 0.4) is 0 Å². The van der Waals surface area contributed by atoms with E-state index in [1.54, 1.807) is 42.5 Å². The topological polar surface area (TPSA) is 95.9 Å². The van der Waals surface area contributed by atoms with Crippen molar-refractivity contribution in [2.75, 3.05) is 4.90 Å². The lowest BCUT2D eigenvalue weighted by molar-refractivity contribution is -0.122. The van der Waals surface area contributed by atoms with Crippen LogP contribution in [-0.4, -0.2) is 28.0 Å². The number of hydrogen-bond acceptors (Lipinski definition) is 5. The monoisotopic (exact) mass is 492 g/mol. The zero-order valence-electron chi connectivity index (χ0n) is 17.5. The van der Waals surface area contributed by atoms with Gasteiger partial charge < -0.3 is 9.84 Å². The van der Waals surface area contributed by atoms with Crippen LogP contribution in [0.2, 0.25) is 5.02 Å². The van der Waals surface area contributed by atoms with Crippen molar-refractivity contribution in [3.8, 4) is 5.75 Å². The lowest BCUT2D eigenvalue weighted by atomic mass is 10.1. The quantitative estimate of drug-likeness (QED) is 0.300. The lowest BCUT2D eigenvalue weighted by Crippen LogP contribution is -2.54. The number of amides is 2. The van der Waals surface area contributed by atoms with E-state index < -0.39 is 17.8 Å². The van der Waals surface area contributed by atoms with E-state index in [1.165, 1.54) is 24.3 Å². The number of halogens is 1. The van der Waals surface area contributed by atoms with E-state index >= 15 is 0 Å². The van der Waals surface area contributed by atoms with Crippen molar-refractivity contribution in [2.24, 2.45) is 0 Å². The molecular formula is C25H17ClN2O5S. The molecule has 0 bridgehead atoms. The van der Waals surface area contributed by atoms with Gasteiger partial charge in [0.15, 0.2) is 5.11 Å². The fraction of sp³-hybridized carbons (Fsp3) is 0.0400. The molecule has 0 aromatic heterocycles. The van der Waals surface area contributed by atoms with Crippen LogP contribution in [0.1, 0.15) is 21.5 Å². The Balaban J connectivity index is 1.53. The SMILES string of the molecule is O=C1NC(=S)N(c2cccc(C(=O)O)c2)C(=O)C1=Cc1ccc(OCc2ccc(Cl)cc2)cc1. The first kappa shape index (κ1) is 23.2. The number of ether oxygens (including phenoxy) is 1. The van der Waals surface area contributed by atoms with E-state index in [1.807, 2.05) is 12.1 Å². The first-order valence-corrected chi connectivity index (χ1v) is 10.8. The fourth-order valence-corrected chi connectivity index (χ4v) is 3.65. The molecule has 3 aromatic rings. The Hall–Kier alpha value is -4.01. The van der Waals surface area contributed by atoms with Crippen molar-refractivity contribution in [1.29, 1.82) is 0 Å². The second kappa shape index (κ2) is 9.86. The molecule has 1 saturated heterocycles. The van der Waals surface area contributed by atoms with E-state index in [0.717, 1.165) is 10.5 Å². The molecule has 3 aromatic carbocycles. The van der Waals surface area contributed by atoms with Gasteiger partial charge >= 0.3 is 5.97 Å². The predicted molar refractivity (Wildman–Crippen MR) is 132 cm³/mol. The number of nitrogens with zero attached hydrogens (tertiary/aromatic N) is 1. The molecule has 9 heteroatoms. The number of carboxylic acids is 1. The van der Waals surface area contributed by atoms with Crippen LogP contribution in [0.15, 0.2) is 78.4 Å². The number of carboxylic acid groups (broad SMARTS) is 1. The molecule has 0 atom stereocenters. The van der Waals surface area contributed by atoms with Crippen molar-refractivity contribution >= 4 is 58.5 Å². The molecule has 34 heavy (non-hydrogen) atoms. The van der Waals surface area contributed by atoms with Gasteiger partial charge in [-0.15, -0.1) is 0 Å². The average Bonchev–Trinajstić information content (AvgIpc) is 2.82. The Bertz CT molecular complexity index is 1320. The van der Waals surface area contributed by atoms with Crippen LogP contribution in [-0.2, 0) is 16.2 Å². The number of benzene rings is 3. The molecule has 4 rings (SSSR count). The summed E-state index contributed by atoms with van der Waals surface area (Å²) < 4.78 is 5.76. The Morgan fingerprint density at radius 3 is 2.44 bits per heavy atom. The molecule has 1 fully saturated rings. The molecule has 1 aliphatic rings. The van der Waals surface area contributed by atoms with Gasteiger partial charge in [-0.1, -0.05) is 41.9 Å². The number of carbonyl (C=O) groups excluding carboxylic acids is 2. The van der Waals surface area contributed by atoms with Crippen molar-refractivity contribution in [2.45, 2.75) is 6.61 Å². The summed E-state index contributed by atoms with van der Waals surface area (Å²) in [6.45, 7) is 0.361. The summed E-state index contributed by atoms with van der Waals surface area (Å²) >= 11 is 11.0. The smallest absolute Gasteiger partial charge is 0.335 e. The predicted octanol–water partition coefficient (Wildman–Crippen LogP) is 4.45. The second-order valence-electron chi connectivity index (χ2n) is 7.30. The standard InChI is InChI=1S/C25H17ClN2O5S/c26-18-8-4-16(5-9-18)14-33-20-10-6-15(7-11-20)12-21-22(29)27-25(34)28(23(21)30)19-3-1-2-17(13-19)24(31)32/h1-13H,14H2,(H,31,32)(H,27,29,34). The Morgan fingerprint density at radius 1 is 1.06 bits per heavy atom. The van der Waals surface area contributed by atoms with E-state index in [9.17, 15) is 19.5 Å². The molecule has 2 amide bonds. The van der Waals surface area contributed by atoms with E-state index in [4.69, 9.17) is 28.6 Å². The summed E-state index contributed by atoms with van der Waals surface area (Å²) in [5.74, 6) is -1.82. The molecule has 170 valence electrons. The van der Waals surface area contributed by atoms with Crippen LogP contribution in [0.4, 0.5) is 5.69 Å². The lowest BCUT2D eigenvalue weighted by Gasteiger charge is -2.29. The van der Waals surface area contributed by atoms with Crippen LogP contribution < -0.4 is 15.0 Å². The van der Waals surface area contributed by atoms with Crippen LogP contribution >= 0.6 is 23.8 Å². The number of thiocarbonyl (C=S) groups is 1. The number of hydrogen-bond donors (Lipinski definition) is 2. The maximum atomic E-state index is 13.1. The Morgan fingerprint density at radius 2 is 1.76 bits per heavy atom. The Kier molecular flexibility index (Phi) is 6.72. The van der Waals surface area contributed by atoms with Gasteiger partial charge in [-0.3, -0.25) is 19.8 Å². The zero-order valence-corrected chi connectivity index (χ0v) is 19.1. The van der Waals surface area contributed by atoms with Crippen LogP contribution in [0.25, 0.3) is 6.08 Å². The van der Waals surface area contributed by atoms with Gasteiger partial charge in [0, 0.05) is 5.02 Å². The van der Waals surface area contributed by atoms with Crippen molar-refractivity contribution in [3.05, 3.63) is 100 Å². The van der Waals surface area contributed by atoms with Crippen molar-refractivity contribution < 1.29 is 24.2 Å². The van der Waals surface area contributed by atoms with Crippen LogP contribution in [0, 0.1) is 0 Å². The number of aromatic carboxylic acids is 1. The summed E-state index contributed by atoms with van der Waals surface area (Å²) in [5, 5.41) is 12.2. The Labute approximate surface area is 205 Å². The highest BCUT2D eigenvalue weighted by atomic mass is 35.5. The largest absolute Gasteiger partial charge is 0.489 e. The van der Waals surface area contributed by atoms with Gasteiger partial charge in [0.1, 0.15) is 17.9 Å². The number of rotatable bonds is 6. The van der Waals surface area contributed by atoms with Gasteiger partial charge in [0.05, 0.1) is 11.3 Å². The maximum absolute atomic E-state index is 13.1. The molecule has 0 saturated carbocycles. The molecule has 0 unspecified atom stereocenters. The highest BCUT2D eigenvalue weighted by molar-refractivity contribution is 7.80. The molecule has 0 spiro atoms. The van der Waals surface area contributed by atoms with Gasteiger partial charge in [-0.2, -0.15) is 0 Å². The van der Waals surface area contributed by atoms with E-state index in [0.29, 0.717) is 22.9 Å². The number of anilines is 1. The third-order valence-corrected chi connectivity index (χ3v) is 5.50. The summed E-state index contributed by atoms with van der Waals surface area (Å²) in [5.41, 5.74) is 1.66. The average molecular weight is 493 g/mol. The molecule has 7 nitrogen and oxygen atoms in total. The summed E-state index contributed by atoms with van der Waals surface area (Å²) in [6.07, 6.45) is 1.44. The van der Waals surface area contributed by atoms with Crippen molar-refractivity contribution in [3.63, 3.8) is 0 Å². The number of carbonyl (C=O) groups is 3. The molecule has 1 aliphatic heterocycles. The van der Waals surface area contributed by atoms with Gasteiger partial charge in [-0.05, 0) is 71.9 Å². The number of nitrogens with one attached hydrogen (secondary N) is 1. The molecule has 0 radical (unpaired) electrons. The summed E-state index contributed by atoms with van der Waals surface area (Å²) in [6, 6.07) is 20.0. The highest BCUT2D eigenvalue weighted by Gasteiger charge is 2.34. The molecule has 0 aliphatic carbocycles. The third-order valence-electron chi connectivity index (χ3n) is 4.96.